The molecule has 0 amide bonds. The van der Waals surface area contributed by atoms with Gasteiger partial charge in [0.1, 0.15) is 5.82 Å². The highest BCUT2D eigenvalue weighted by molar-refractivity contribution is 5.43. The van der Waals surface area contributed by atoms with E-state index in [2.05, 4.69) is 32.7 Å². The average Bonchev–Trinajstić information content (AvgIpc) is 2.77. The van der Waals surface area contributed by atoms with Crippen molar-refractivity contribution >= 4 is 11.5 Å². The van der Waals surface area contributed by atoms with E-state index in [1.54, 1.807) is 16.9 Å². The number of hydrogen-bond acceptors (Lipinski definition) is 5. The zero-order valence-electron chi connectivity index (χ0n) is 9.43. The molecule has 2 aromatic rings. The third-order valence-corrected chi connectivity index (χ3v) is 2.45. The van der Waals surface area contributed by atoms with Crippen LogP contribution in [-0.4, -0.2) is 31.6 Å². The van der Waals surface area contributed by atoms with E-state index in [4.69, 9.17) is 0 Å². The van der Waals surface area contributed by atoms with Gasteiger partial charge < -0.3 is 5.32 Å². The summed E-state index contributed by atoms with van der Waals surface area (Å²) < 4.78 is 1.66. The Morgan fingerprint density at radius 2 is 2.19 bits per heavy atom. The Bertz CT molecular complexity index is 438. The molecule has 0 aliphatic carbocycles. The highest BCUT2D eigenvalue weighted by Crippen LogP contribution is 2.06. The maximum Gasteiger partial charge on any atom is 0.199 e. The molecule has 0 radical (unpaired) electrons. The smallest absolute Gasteiger partial charge is 0.199 e. The molecule has 2 heterocycles. The molecule has 0 bridgehead atoms. The van der Waals surface area contributed by atoms with Crippen LogP contribution in [0.2, 0.25) is 0 Å². The molecule has 6 nitrogen and oxygen atoms in total. The quantitative estimate of drug-likeness (QED) is 0.747. The first-order chi connectivity index (χ1) is 7.92. The molecule has 0 saturated heterocycles. The van der Waals surface area contributed by atoms with Crippen molar-refractivity contribution in [2.45, 2.75) is 32.6 Å². The Kier molecular flexibility index (Phi) is 3.63. The van der Waals surface area contributed by atoms with E-state index in [9.17, 15) is 0 Å². The average molecular weight is 220 g/mol. The van der Waals surface area contributed by atoms with Gasteiger partial charge in [-0.1, -0.05) is 26.2 Å². The Morgan fingerprint density at radius 1 is 1.25 bits per heavy atom. The minimum Gasteiger partial charge on any atom is -0.369 e. The Hall–Kier alpha value is -1.72. The minimum absolute atomic E-state index is 0.665. The molecule has 0 atom stereocenters. The summed E-state index contributed by atoms with van der Waals surface area (Å²) in [5.41, 5.74) is 0.665. The van der Waals surface area contributed by atoms with Crippen LogP contribution in [0.1, 0.15) is 32.6 Å². The Morgan fingerprint density at radius 3 is 3.06 bits per heavy atom. The second kappa shape index (κ2) is 5.39. The van der Waals surface area contributed by atoms with Crippen molar-refractivity contribution in [3.05, 3.63) is 12.4 Å². The number of unbranched alkanes of at least 4 members (excludes halogenated alkanes) is 3. The monoisotopic (exact) mass is 220 g/mol. The lowest BCUT2D eigenvalue weighted by Gasteiger charge is -2.05. The van der Waals surface area contributed by atoms with Crippen molar-refractivity contribution in [2.75, 3.05) is 11.9 Å². The molecule has 86 valence electrons. The highest BCUT2D eigenvalue weighted by atomic mass is 15.5. The molecule has 6 heteroatoms. The molecule has 0 aliphatic heterocycles. The standard InChI is InChI=1S/C10H16N6/c1-2-3-4-5-6-12-9-7-11-8-10-13-14-15-16(9)10/h7-8,12H,2-6H2,1H3. The molecule has 1 N–H and O–H groups in total. The Labute approximate surface area is 94.1 Å². The first-order valence-electron chi connectivity index (χ1n) is 5.68. The molecule has 0 fully saturated rings. The second-order valence-electron chi connectivity index (χ2n) is 3.73. The summed E-state index contributed by atoms with van der Waals surface area (Å²) >= 11 is 0. The van der Waals surface area contributed by atoms with E-state index in [1.165, 1.54) is 19.3 Å². The van der Waals surface area contributed by atoms with Crippen molar-refractivity contribution in [1.29, 1.82) is 0 Å². The first-order valence-corrected chi connectivity index (χ1v) is 5.68. The van der Waals surface area contributed by atoms with Gasteiger partial charge in [0, 0.05) is 6.54 Å². The lowest BCUT2D eigenvalue weighted by molar-refractivity contribution is 0.682. The van der Waals surface area contributed by atoms with Gasteiger partial charge in [-0.25, -0.2) is 0 Å². The van der Waals surface area contributed by atoms with Crippen LogP contribution in [0, 0.1) is 0 Å². The summed E-state index contributed by atoms with van der Waals surface area (Å²) in [4.78, 5) is 4.07. The number of aromatic nitrogens is 5. The lowest BCUT2D eigenvalue weighted by atomic mass is 10.2. The van der Waals surface area contributed by atoms with Crippen LogP contribution in [0.25, 0.3) is 5.65 Å². The van der Waals surface area contributed by atoms with Gasteiger partial charge in [0.05, 0.1) is 12.4 Å². The number of nitrogens with zero attached hydrogens (tertiary/aromatic N) is 5. The van der Waals surface area contributed by atoms with Gasteiger partial charge in [-0.2, -0.15) is 4.52 Å². The van der Waals surface area contributed by atoms with Crippen LogP contribution in [0.5, 0.6) is 0 Å². The van der Waals surface area contributed by atoms with E-state index >= 15 is 0 Å². The van der Waals surface area contributed by atoms with E-state index < -0.39 is 0 Å². The predicted octanol–water partition coefficient (Wildman–Crippen LogP) is 1.51. The third kappa shape index (κ3) is 2.44. The zero-order chi connectivity index (χ0) is 11.2. The van der Waals surface area contributed by atoms with Gasteiger partial charge in [-0.3, -0.25) is 4.98 Å². The molecule has 0 aliphatic rings. The second-order valence-corrected chi connectivity index (χ2v) is 3.73. The summed E-state index contributed by atoms with van der Waals surface area (Å²) in [5, 5.41) is 14.6. The number of nitrogens with one attached hydrogen (secondary N) is 1. The Balaban J connectivity index is 1.91. The van der Waals surface area contributed by atoms with E-state index in [0.29, 0.717) is 5.65 Å². The molecule has 16 heavy (non-hydrogen) atoms. The summed E-state index contributed by atoms with van der Waals surface area (Å²) in [6, 6.07) is 0. The van der Waals surface area contributed by atoms with Crippen LogP contribution >= 0.6 is 0 Å². The van der Waals surface area contributed by atoms with Crippen LogP contribution in [-0.2, 0) is 0 Å². The highest BCUT2D eigenvalue weighted by Gasteiger charge is 2.02. The molecule has 0 aromatic carbocycles. The fourth-order valence-corrected chi connectivity index (χ4v) is 1.56. The van der Waals surface area contributed by atoms with Gasteiger partial charge in [-0.15, -0.1) is 5.10 Å². The van der Waals surface area contributed by atoms with Gasteiger partial charge in [0.25, 0.3) is 0 Å². The van der Waals surface area contributed by atoms with E-state index in [1.807, 2.05) is 0 Å². The SMILES string of the molecule is CCCCCCNc1cncc2nnnn12. The normalized spacial score (nSPS) is 10.8. The van der Waals surface area contributed by atoms with Crippen molar-refractivity contribution in [3.8, 4) is 0 Å². The molecular formula is C10H16N6. The first kappa shape index (κ1) is 10.8. The number of tetrazole rings is 1. The minimum atomic E-state index is 0.665. The van der Waals surface area contributed by atoms with Crippen molar-refractivity contribution in [1.82, 2.24) is 25.0 Å². The van der Waals surface area contributed by atoms with Crippen LogP contribution in [0.3, 0.4) is 0 Å². The molecule has 0 saturated carbocycles. The largest absolute Gasteiger partial charge is 0.369 e. The van der Waals surface area contributed by atoms with Crippen molar-refractivity contribution in [3.63, 3.8) is 0 Å². The topological polar surface area (TPSA) is 68.0 Å². The summed E-state index contributed by atoms with van der Waals surface area (Å²) in [5.74, 6) is 0.846. The van der Waals surface area contributed by atoms with Gasteiger partial charge in [0.15, 0.2) is 5.65 Å². The number of anilines is 1. The predicted molar refractivity (Wildman–Crippen MR) is 61.2 cm³/mol. The lowest BCUT2D eigenvalue weighted by Crippen LogP contribution is -2.07. The van der Waals surface area contributed by atoms with Crippen LogP contribution < -0.4 is 5.32 Å². The van der Waals surface area contributed by atoms with Gasteiger partial charge in [0.2, 0.25) is 0 Å². The van der Waals surface area contributed by atoms with Crippen LogP contribution in [0.15, 0.2) is 12.4 Å². The number of rotatable bonds is 6. The molecular weight excluding hydrogens is 204 g/mol. The number of fused-ring (bicyclic) bond motifs is 1. The molecule has 0 unspecified atom stereocenters. The van der Waals surface area contributed by atoms with E-state index in [-0.39, 0.29) is 0 Å². The molecule has 2 aromatic heterocycles. The summed E-state index contributed by atoms with van der Waals surface area (Å²) in [6.45, 7) is 3.14. The molecule has 2 rings (SSSR count). The number of hydrogen-bond donors (Lipinski definition) is 1. The third-order valence-electron chi connectivity index (χ3n) is 2.45. The van der Waals surface area contributed by atoms with Gasteiger partial charge >= 0.3 is 0 Å². The fourth-order valence-electron chi connectivity index (χ4n) is 1.56. The maximum atomic E-state index is 4.07. The van der Waals surface area contributed by atoms with Crippen molar-refractivity contribution < 1.29 is 0 Å². The summed E-state index contributed by atoms with van der Waals surface area (Å²) in [7, 11) is 0. The summed E-state index contributed by atoms with van der Waals surface area (Å²) in [6.07, 6.45) is 8.33. The molecule has 0 spiro atoms. The van der Waals surface area contributed by atoms with Gasteiger partial charge in [-0.05, 0) is 16.8 Å². The van der Waals surface area contributed by atoms with Crippen LogP contribution in [0.4, 0.5) is 5.82 Å². The maximum absolute atomic E-state index is 4.07. The van der Waals surface area contributed by atoms with Crippen molar-refractivity contribution in [2.24, 2.45) is 0 Å². The zero-order valence-corrected chi connectivity index (χ0v) is 9.43. The van der Waals surface area contributed by atoms with E-state index in [0.717, 1.165) is 18.8 Å². The fraction of sp³-hybridized carbons (Fsp3) is 0.600.